The lowest BCUT2D eigenvalue weighted by Crippen LogP contribution is -2.15. The van der Waals surface area contributed by atoms with Gasteiger partial charge in [-0.25, -0.2) is 4.39 Å². The normalized spacial score (nSPS) is 10.4. The molecule has 2 N–H and O–H groups in total. The van der Waals surface area contributed by atoms with Crippen LogP contribution in [0.25, 0.3) is 0 Å². The maximum absolute atomic E-state index is 13.6. The Hall–Kier alpha value is -3.14. The Bertz CT molecular complexity index is 873. The fraction of sp³-hybridized carbons (Fsp3) is 0.136. The minimum Gasteiger partial charge on any atom is -0.381 e. The van der Waals surface area contributed by atoms with E-state index in [0.717, 1.165) is 12.2 Å². The molecule has 0 aliphatic carbocycles. The second-order valence-electron chi connectivity index (χ2n) is 6.23. The Morgan fingerprint density at radius 3 is 2.23 bits per heavy atom. The van der Waals surface area contributed by atoms with Gasteiger partial charge in [0, 0.05) is 17.9 Å². The summed E-state index contributed by atoms with van der Waals surface area (Å²) in [5, 5.41) is 6.14. The molecule has 0 fully saturated rings. The first kappa shape index (κ1) is 17.7. The molecule has 1 amide bonds. The maximum atomic E-state index is 13.6. The Kier molecular flexibility index (Phi) is 5.64. The summed E-state index contributed by atoms with van der Waals surface area (Å²) >= 11 is 0. The highest BCUT2D eigenvalue weighted by molar-refractivity contribution is 5.92. The number of hydrogen-bond donors (Lipinski definition) is 2. The largest absolute Gasteiger partial charge is 0.381 e. The molecule has 132 valence electrons. The van der Waals surface area contributed by atoms with Gasteiger partial charge in [0.25, 0.3) is 0 Å². The average molecular weight is 348 g/mol. The third-order valence-corrected chi connectivity index (χ3v) is 4.09. The zero-order valence-electron chi connectivity index (χ0n) is 14.6. The van der Waals surface area contributed by atoms with Crippen LogP contribution in [0.2, 0.25) is 0 Å². The second kappa shape index (κ2) is 8.30. The van der Waals surface area contributed by atoms with E-state index in [1.54, 1.807) is 18.2 Å². The number of benzene rings is 3. The summed E-state index contributed by atoms with van der Waals surface area (Å²) in [6.07, 6.45) is 0.0140. The number of aryl methyl sites for hydroxylation is 1. The van der Waals surface area contributed by atoms with Gasteiger partial charge >= 0.3 is 0 Å². The van der Waals surface area contributed by atoms with Crippen LogP contribution >= 0.6 is 0 Å². The first-order chi connectivity index (χ1) is 12.6. The number of carbonyl (C=O) groups is 1. The fourth-order valence-electron chi connectivity index (χ4n) is 2.60. The first-order valence-electron chi connectivity index (χ1n) is 8.53. The highest BCUT2D eigenvalue weighted by atomic mass is 19.1. The fourth-order valence-corrected chi connectivity index (χ4v) is 2.60. The van der Waals surface area contributed by atoms with Gasteiger partial charge in [0.2, 0.25) is 5.91 Å². The van der Waals surface area contributed by atoms with Gasteiger partial charge < -0.3 is 10.6 Å². The van der Waals surface area contributed by atoms with Crippen molar-refractivity contribution in [1.82, 2.24) is 0 Å². The lowest BCUT2D eigenvalue weighted by Gasteiger charge is -2.09. The minimum absolute atomic E-state index is 0.0140. The van der Waals surface area contributed by atoms with E-state index in [-0.39, 0.29) is 18.1 Å². The predicted octanol–water partition coefficient (Wildman–Crippen LogP) is 4.93. The highest BCUT2D eigenvalue weighted by Gasteiger charge is 2.08. The number of rotatable bonds is 6. The number of hydrogen-bond acceptors (Lipinski definition) is 2. The van der Waals surface area contributed by atoms with Gasteiger partial charge in [0.1, 0.15) is 5.82 Å². The van der Waals surface area contributed by atoms with Crippen molar-refractivity contribution < 1.29 is 9.18 Å². The van der Waals surface area contributed by atoms with Gasteiger partial charge in [0.05, 0.1) is 6.42 Å². The van der Waals surface area contributed by atoms with Crippen molar-refractivity contribution in [2.45, 2.75) is 19.9 Å². The summed E-state index contributed by atoms with van der Waals surface area (Å²) in [7, 11) is 0. The summed E-state index contributed by atoms with van der Waals surface area (Å²) in [5.41, 5.74) is 4.49. The van der Waals surface area contributed by atoms with Gasteiger partial charge in [-0.2, -0.15) is 0 Å². The summed E-state index contributed by atoms with van der Waals surface area (Å²) in [4.78, 5) is 12.1. The molecule has 0 aliphatic rings. The zero-order chi connectivity index (χ0) is 18.4. The lowest BCUT2D eigenvalue weighted by molar-refractivity contribution is -0.115. The quantitative estimate of drug-likeness (QED) is 0.663. The molecule has 0 heterocycles. The SMILES string of the molecule is Cc1ccc(CNc2ccc(NC(=O)Cc3ccccc3F)cc2)cc1. The smallest absolute Gasteiger partial charge is 0.228 e. The van der Waals surface area contributed by atoms with Crippen LogP contribution < -0.4 is 10.6 Å². The first-order valence-corrected chi connectivity index (χ1v) is 8.53. The summed E-state index contributed by atoms with van der Waals surface area (Å²) in [5.74, 6) is -0.603. The zero-order valence-corrected chi connectivity index (χ0v) is 14.6. The van der Waals surface area contributed by atoms with Crippen molar-refractivity contribution in [2.75, 3.05) is 10.6 Å². The summed E-state index contributed by atoms with van der Waals surface area (Å²) < 4.78 is 13.6. The summed E-state index contributed by atoms with van der Waals surface area (Å²) in [6.45, 7) is 2.80. The Morgan fingerprint density at radius 1 is 0.885 bits per heavy atom. The number of nitrogens with one attached hydrogen (secondary N) is 2. The number of amides is 1. The third kappa shape index (κ3) is 4.93. The van der Waals surface area contributed by atoms with Gasteiger partial charge in [-0.1, -0.05) is 48.0 Å². The molecule has 3 rings (SSSR count). The molecule has 0 radical (unpaired) electrons. The van der Waals surface area contributed by atoms with Crippen LogP contribution in [0, 0.1) is 12.7 Å². The van der Waals surface area contributed by atoms with Crippen LogP contribution in [0.1, 0.15) is 16.7 Å². The summed E-state index contributed by atoms with van der Waals surface area (Å²) in [6, 6.07) is 22.2. The second-order valence-corrected chi connectivity index (χ2v) is 6.23. The average Bonchev–Trinajstić information content (AvgIpc) is 2.64. The van der Waals surface area contributed by atoms with E-state index in [1.165, 1.54) is 17.2 Å². The highest BCUT2D eigenvalue weighted by Crippen LogP contribution is 2.16. The van der Waals surface area contributed by atoms with Crippen LogP contribution in [-0.2, 0) is 17.8 Å². The van der Waals surface area contributed by atoms with Crippen LogP contribution in [0.3, 0.4) is 0 Å². The monoisotopic (exact) mass is 348 g/mol. The Balaban J connectivity index is 1.53. The molecule has 0 aliphatic heterocycles. The van der Waals surface area contributed by atoms with Gasteiger partial charge in [0.15, 0.2) is 0 Å². The van der Waals surface area contributed by atoms with E-state index in [0.29, 0.717) is 11.3 Å². The van der Waals surface area contributed by atoms with Gasteiger partial charge in [-0.15, -0.1) is 0 Å². The molecule has 0 saturated carbocycles. The van der Waals surface area contributed by atoms with Crippen molar-refractivity contribution in [1.29, 1.82) is 0 Å². The number of carbonyl (C=O) groups excluding carboxylic acids is 1. The van der Waals surface area contributed by atoms with E-state index in [2.05, 4.69) is 41.8 Å². The van der Waals surface area contributed by atoms with E-state index in [4.69, 9.17) is 0 Å². The molecule has 3 nitrogen and oxygen atoms in total. The Morgan fingerprint density at radius 2 is 1.54 bits per heavy atom. The molecular weight excluding hydrogens is 327 g/mol. The van der Waals surface area contributed by atoms with E-state index < -0.39 is 0 Å². The third-order valence-electron chi connectivity index (χ3n) is 4.09. The van der Waals surface area contributed by atoms with E-state index >= 15 is 0 Å². The van der Waals surface area contributed by atoms with Crippen molar-refractivity contribution in [3.8, 4) is 0 Å². The topological polar surface area (TPSA) is 41.1 Å². The van der Waals surface area contributed by atoms with Crippen molar-refractivity contribution in [3.63, 3.8) is 0 Å². The molecule has 4 heteroatoms. The Labute approximate surface area is 152 Å². The van der Waals surface area contributed by atoms with E-state index in [9.17, 15) is 9.18 Å². The molecule has 0 atom stereocenters. The van der Waals surface area contributed by atoms with Crippen LogP contribution in [-0.4, -0.2) is 5.91 Å². The molecule has 0 spiro atoms. The molecule has 0 saturated heterocycles. The van der Waals surface area contributed by atoms with Crippen molar-refractivity contribution in [2.24, 2.45) is 0 Å². The van der Waals surface area contributed by atoms with Crippen LogP contribution in [0.15, 0.2) is 72.8 Å². The van der Waals surface area contributed by atoms with Crippen molar-refractivity contribution in [3.05, 3.63) is 95.3 Å². The molecule has 0 unspecified atom stereocenters. The molecule has 26 heavy (non-hydrogen) atoms. The molecule has 0 aromatic heterocycles. The predicted molar refractivity (Wildman–Crippen MR) is 104 cm³/mol. The van der Waals surface area contributed by atoms with Gasteiger partial charge in [-0.3, -0.25) is 4.79 Å². The minimum atomic E-state index is -0.363. The molecule has 0 bridgehead atoms. The van der Waals surface area contributed by atoms with Gasteiger partial charge in [-0.05, 0) is 48.4 Å². The maximum Gasteiger partial charge on any atom is 0.228 e. The number of halogens is 1. The van der Waals surface area contributed by atoms with Crippen LogP contribution in [0.5, 0.6) is 0 Å². The molecule has 3 aromatic rings. The van der Waals surface area contributed by atoms with Crippen molar-refractivity contribution >= 4 is 17.3 Å². The standard InChI is InChI=1S/C22H21FN2O/c1-16-6-8-17(9-7-16)15-24-19-10-12-20(13-11-19)25-22(26)14-18-4-2-3-5-21(18)23/h2-13,24H,14-15H2,1H3,(H,25,26). The molecular formula is C22H21FN2O. The van der Waals surface area contributed by atoms with E-state index in [1.807, 2.05) is 24.3 Å². The number of anilines is 2. The van der Waals surface area contributed by atoms with Crippen LogP contribution in [0.4, 0.5) is 15.8 Å². The lowest BCUT2D eigenvalue weighted by atomic mass is 10.1. The molecule has 3 aromatic carbocycles.